The molecule has 0 saturated heterocycles. The maximum atomic E-state index is 5.29. The molecule has 0 heterocycles. The molecule has 0 saturated carbocycles. The van der Waals surface area contributed by atoms with Crippen molar-refractivity contribution in [3.8, 4) is 0 Å². The Balaban J connectivity index is 0. The smallest absolute Gasteiger partial charge is 0.190 e. The zero-order valence-electron chi connectivity index (χ0n) is 7.26. The van der Waals surface area contributed by atoms with Crippen LogP contribution in [0, 0.1) is 0 Å². The molecule has 10 heavy (non-hydrogen) atoms. The van der Waals surface area contributed by atoms with Gasteiger partial charge in [0.2, 0.25) is 0 Å². The molecular formula is C6H18N4. The number of guanidine groups is 1. The van der Waals surface area contributed by atoms with Crippen molar-refractivity contribution in [1.29, 1.82) is 0 Å². The van der Waals surface area contributed by atoms with E-state index in [2.05, 4.69) is 4.99 Å². The fraction of sp³-hybridized carbons (Fsp3) is 0.833. The second kappa shape index (κ2) is 8.23. The van der Waals surface area contributed by atoms with Crippen LogP contribution in [0.4, 0.5) is 0 Å². The monoisotopic (exact) mass is 146 g/mol. The second-order valence-electron chi connectivity index (χ2n) is 1.88. The standard InChI is InChI=1S/C4H11N3.C2H7N/c1-6-4(5)7(2)3;1-2-3/h1-3H3,(H2,5,6);2-3H2,1H3. The maximum Gasteiger partial charge on any atom is 0.190 e. The predicted octanol–water partition coefficient (Wildman–Crippen LogP) is -0.542. The molecule has 0 radical (unpaired) electrons. The van der Waals surface area contributed by atoms with Crippen molar-refractivity contribution in [2.75, 3.05) is 27.7 Å². The summed E-state index contributed by atoms with van der Waals surface area (Å²) in [7, 11) is 5.36. The highest BCUT2D eigenvalue weighted by molar-refractivity contribution is 5.77. The lowest BCUT2D eigenvalue weighted by atomic mass is 10.8. The quantitative estimate of drug-likeness (QED) is 0.356. The molecule has 0 fully saturated rings. The van der Waals surface area contributed by atoms with E-state index in [9.17, 15) is 0 Å². The molecule has 4 nitrogen and oxygen atoms in total. The van der Waals surface area contributed by atoms with Gasteiger partial charge in [-0.2, -0.15) is 0 Å². The van der Waals surface area contributed by atoms with Gasteiger partial charge in [0, 0.05) is 21.1 Å². The summed E-state index contributed by atoms with van der Waals surface area (Å²) in [6.45, 7) is 2.65. The molecular weight excluding hydrogens is 128 g/mol. The molecule has 4 heteroatoms. The van der Waals surface area contributed by atoms with Crippen molar-refractivity contribution in [2.45, 2.75) is 6.92 Å². The van der Waals surface area contributed by atoms with E-state index < -0.39 is 0 Å². The Kier molecular flexibility index (Phi) is 9.84. The van der Waals surface area contributed by atoms with Gasteiger partial charge in [0.15, 0.2) is 5.96 Å². The maximum absolute atomic E-state index is 5.29. The predicted molar refractivity (Wildman–Crippen MR) is 46.0 cm³/mol. The molecule has 0 aliphatic rings. The van der Waals surface area contributed by atoms with Crippen molar-refractivity contribution in [2.24, 2.45) is 16.5 Å². The molecule has 4 N–H and O–H groups in total. The molecule has 0 unspecified atom stereocenters. The van der Waals surface area contributed by atoms with Crippen molar-refractivity contribution in [3.63, 3.8) is 0 Å². The lowest BCUT2D eigenvalue weighted by Crippen LogP contribution is -2.29. The lowest BCUT2D eigenvalue weighted by Gasteiger charge is -2.07. The molecule has 0 aromatic heterocycles. The minimum Gasteiger partial charge on any atom is -0.370 e. The third-order valence-electron chi connectivity index (χ3n) is 0.687. The second-order valence-corrected chi connectivity index (χ2v) is 1.88. The molecule has 0 spiro atoms. The van der Waals surface area contributed by atoms with Gasteiger partial charge < -0.3 is 16.4 Å². The summed E-state index contributed by atoms with van der Waals surface area (Å²) in [5, 5.41) is 0. The highest BCUT2D eigenvalue weighted by atomic mass is 15.2. The van der Waals surface area contributed by atoms with E-state index in [4.69, 9.17) is 11.5 Å². The van der Waals surface area contributed by atoms with Gasteiger partial charge in [-0.15, -0.1) is 0 Å². The van der Waals surface area contributed by atoms with Crippen LogP contribution in [-0.4, -0.2) is 38.5 Å². The van der Waals surface area contributed by atoms with Crippen LogP contribution in [0.25, 0.3) is 0 Å². The SMILES string of the molecule is CCN.CN=C(N)N(C)C. The van der Waals surface area contributed by atoms with E-state index in [0.29, 0.717) is 5.96 Å². The van der Waals surface area contributed by atoms with Crippen molar-refractivity contribution in [1.82, 2.24) is 4.90 Å². The zero-order chi connectivity index (χ0) is 8.57. The van der Waals surface area contributed by atoms with Gasteiger partial charge in [-0.1, -0.05) is 6.92 Å². The summed E-state index contributed by atoms with van der Waals surface area (Å²) >= 11 is 0. The van der Waals surface area contributed by atoms with Gasteiger partial charge in [0.25, 0.3) is 0 Å². The van der Waals surface area contributed by atoms with Crippen molar-refractivity contribution >= 4 is 5.96 Å². The molecule has 0 atom stereocenters. The number of rotatable bonds is 0. The molecule has 0 rings (SSSR count). The first-order chi connectivity index (χ1) is 4.59. The third kappa shape index (κ3) is 10.3. The van der Waals surface area contributed by atoms with E-state index in [1.165, 1.54) is 0 Å². The van der Waals surface area contributed by atoms with Crippen LogP contribution in [0.3, 0.4) is 0 Å². The van der Waals surface area contributed by atoms with Crippen LogP contribution in [0.2, 0.25) is 0 Å². The Morgan fingerprint density at radius 1 is 1.50 bits per heavy atom. The Labute approximate surface area is 62.9 Å². The van der Waals surface area contributed by atoms with Gasteiger partial charge in [0.1, 0.15) is 0 Å². The first-order valence-corrected chi connectivity index (χ1v) is 3.19. The van der Waals surface area contributed by atoms with Crippen molar-refractivity contribution < 1.29 is 0 Å². The van der Waals surface area contributed by atoms with E-state index in [1.807, 2.05) is 21.0 Å². The van der Waals surface area contributed by atoms with Gasteiger partial charge in [-0.05, 0) is 6.54 Å². The Morgan fingerprint density at radius 3 is 1.80 bits per heavy atom. The third-order valence-corrected chi connectivity index (χ3v) is 0.687. The topological polar surface area (TPSA) is 67.6 Å². The molecule has 0 aromatic rings. The van der Waals surface area contributed by atoms with E-state index >= 15 is 0 Å². The summed E-state index contributed by atoms with van der Waals surface area (Å²) in [6, 6.07) is 0. The fourth-order valence-corrected chi connectivity index (χ4v) is 0.200. The number of nitrogens with two attached hydrogens (primary N) is 2. The summed E-state index contributed by atoms with van der Waals surface area (Å²) in [5.74, 6) is 0.556. The van der Waals surface area contributed by atoms with Gasteiger partial charge in [-0.3, -0.25) is 4.99 Å². The van der Waals surface area contributed by atoms with Crippen molar-refractivity contribution in [3.05, 3.63) is 0 Å². The number of nitrogens with zero attached hydrogens (tertiary/aromatic N) is 2. The fourth-order valence-electron chi connectivity index (χ4n) is 0.200. The average Bonchev–Trinajstić information content (AvgIpc) is 1.88. The zero-order valence-corrected chi connectivity index (χ0v) is 7.26. The lowest BCUT2D eigenvalue weighted by molar-refractivity contribution is 0.613. The Morgan fingerprint density at radius 2 is 1.80 bits per heavy atom. The van der Waals surface area contributed by atoms with Crippen LogP contribution in [-0.2, 0) is 0 Å². The average molecular weight is 146 g/mol. The first kappa shape index (κ1) is 12.0. The van der Waals surface area contributed by atoms with E-state index in [0.717, 1.165) is 6.54 Å². The largest absolute Gasteiger partial charge is 0.370 e. The molecule has 0 aromatic carbocycles. The first-order valence-electron chi connectivity index (χ1n) is 3.19. The minimum absolute atomic E-state index is 0.556. The number of hydrogen-bond acceptors (Lipinski definition) is 2. The van der Waals surface area contributed by atoms with E-state index in [1.54, 1.807) is 11.9 Å². The Hall–Kier alpha value is -0.770. The van der Waals surface area contributed by atoms with Crippen LogP contribution >= 0.6 is 0 Å². The van der Waals surface area contributed by atoms with Gasteiger partial charge in [-0.25, -0.2) is 0 Å². The summed E-state index contributed by atoms with van der Waals surface area (Å²) in [4.78, 5) is 5.46. The molecule has 0 bridgehead atoms. The van der Waals surface area contributed by atoms with Gasteiger partial charge in [0.05, 0.1) is 0 Å². The Bertz CT molecular complexity index is 87.7. The highest BCUT2D eigenvalue weighted by Gasteiger charge is 1.86. The van der Waals surface area contributed by atoms with Crippen LogP contribution in [0.5, 0.6) is 0 Å². The van der Waals surface area contributed by atoms with E-state index in [-0.39, 0.29) is 0 Å². The molecule has 0 amide bonds. The summed E-state index contributed by atoms with van der Waals surface area (Å²) in [5.41, 5.74) is 10.1. The van der Waals surface area contributed by atoms with Crippen LogP contribution in [0.15, 0.2) is 4.99 Å². The number of hydrogen-bond donors (Lipinski definition) is 2. The molecule has 62 valence electrons. The minimum atomic E-state index is 0.556. The normalized spacial score (nSPS) is 9.90. The van der Waals surface area contributed by atoms with Crippen LogP contribution < -0.4 is 11.5 Å². The molecule has 0 aliphatic heterocycles. The summed E-state index contributed by atoms with van der Waals surface area (Å²) in [6.07, 6.45) is 0. The number of aliphatic imine (C=N–C) groups is 1. The van der Waals surface area contributed by atoms with Gasteiger partial charge >= 0.3 is 0 Å². The summed E-state index contributed by atoms with van der Waals surface area (Å²) < 4.78 is 0. The highest BCUT2D eigenvalue weighted by Crippen LogP contribution is 1.68. The van der Waals surface area contributed by atoms with Crippen LogP contribution in [0.1, 0.15) is 6.92 Å². The molecule has 0 aliphatic carbocycles.